The molecule has 2 rings (SSSR count). The van der Waals surface area contributed by atoms with E-state index >= 15 is 0 Å². The van der Waals surface area contributed by atoms with Crippen LogP contribution in [-0.4, -0.2) is 24.4 Å². The number of nitrogens with two attached hydrogens (primary N) is 1. The highest BCUT2D eigenvalue weighted by Gasteiger charge is 2.37. The maximum absolute atomic E-state index is 12.3. The normalized spacial score (nSPS) is 16.0. The van der Waals surface area contributed by atoms with Crippen LogP contribution in [0.3, 0.4) is 0 Å². The Morgan fingerprint density at radius 3 is 2.43 bits per heavy atom. The summed E-state index contributed by atoms with van der Waals surface area (Å²) in [6, 6.07) is 5.28. The Kier molecular flexibility index (Phi) is 5.75. The molecule has 1 aromatic rings. The molecule has 1 saturated carbocycles. The van der Waals surface area contributed by atoms with Gasteiger partial charge in [-0.3, -0.25) is 9.59 Å². The van der Waals surface area contributed by atoms with Crippen LogP contribution >= 0.6 is 12.4 Å². The lowest BCUT2D eigenvalue weighted by Crippen LogP contribution is -2.48. The minimum atomic E-state index is -0.768. The fraction of sp³-hybridized carbons (Fsp3) is 0.467. The molecule has 6 heteroatoms. The lowest BCUT2D eigenvalue weighted by molar-refractivity contribution is -0.121. The van der Waals surface area contributed by atoms with E-state index in [1.54, 1.807) is 25.2 Å². The largest absolute Gasteiger partial charge is 0.355 e. The Bertz CT molecular complexity index is 540. The van der Waals surface area contributed by atoms with E-state index < -0.39 is 5.54 Å². The molecular formula is C15H22ClN3O2. The van der Waals surface area contributed by atoms with Crippen molar-refractivity contribution in [2.75, 3.05) is 12.4 Å². The smallest absolute Gasteiger partial charge is 0.251 e. The molecule has 0 atom stereocenters. The Labute approximate surface area is 131 Å². The predicted molar refractivity (Wildman–Crippen MR) is 85.8 cm³/mol. The first-order chi connectivity index (χ1) is 9.48. The van der Waals surface area contributed by atoms with Gasteiger partial charge in [-0.15, -0.1) is 12.4 Å². The number of carbonyl (C=O) groups excluding carboxylic acids is 2. The summed E-state index contributed by atoms with van der Waals surface area (Å²) in [7, 11) is 1.58. The molecule has 2 amide bonds. The molecule has 0 aromatic heterocycles. The van der Waals surface area contributed by atoms with E-state index in [1.165, 1.54) is 0 Å². The van der Waals surface area contributed by atoms with E-state index in [1.807, 2.05) is 6.92 Å². The quantitative estimate of drug-likeness (QED) is 0.798. The minimum absolute atomic E-state index is 0. The van der Waals surface area contributed by atoms with Crippen LogP contribution in [-0.2, 0) is 4.79 Å². The molecule has 1 aromatic carbocycles. The Balaban J connectivity index is 0.00000220. The average Bonchev–Trinajstić information content (AvgIpc) is 2.88. The molecule has 0 spiro atoms. The molecular weight excluding hydrogens is 290 g/mol. The maximum Gasteiger partial charge on any atom is 0.251 e. The number of amides is 2. The monoisotopic (exact) mass is 311 g/mol. The van der Waals surface area contributed by atoms with Gasteiger partial charge in [0.1, 0.15) is 0 Å². The lowest BCUT2D eigenvalue weighted by Gasteiger charge is -2.23. The summed E-state index contributed by atoms with van der Waals surface area (Å²) in [5.41, 5.74) is 7.32. The number of hydrogen-bond donors (Lipinski definition) is 3. The second-order valence-electron chi connectivity index (χ2n) is 5.37. The van der Waals surface area contributed by atoms with E-state index in [-0.39, 0.29) is 24.2 Å². The first-order valence-corrected chi connectivity index (χ1v) is 6.90. The molecule has 0 radical (unpaired) electrons. The molecule has 0 saturated heterocycles. The number of nitrogens with one attached hydrogen (secondary N) is 2. The number of anilines is 1. The standard InChI is InChI=1S/C15H21N3O2.ClH/c1-10-11(13(19)17-2)6-5-7-12(10)18-14(20)15(16)8-3-4-9-15;/h5-7H,3-4,8-9,16H2,1-2H3,(H,17,19)(H,18,20);1H. The highest BCUT2D eigenvalue weighted by Crippen LogP contribution is 2.29. The third-order valence-corrected chi connectivity index (χ3v) is 4.00. The van der Waals surface area contributed by atoms with E-state index in [9.17, 15) is 9.59 Å². The topological polar surface area (TPSA) is 84.2 Å². The summed E-state index contributed by atoms with van der Waals surface area (Å²) in [6.45, 7) is 1.82. The van der Waals surface area contributed by atoms with E-state index in [4.69, 9.17) is 5.73 Å². The SMILES string of the molecule is CNC(=O)c1cccc(NC(=O)C2(N)CCCC2)c1C.Cl. The van der Waals surface area contributed by atoms with Crippen molar-refractivity contribution in [2.24, 2.45) is 5.73 Å². The number of halogens is 1. The van der Waals surface area contributed by atoms with Crippen LogP contribution in [0.25, 0.3) is 0 Å². The van der Waals surface area contributed by atoms with Crippen LogP contribution in [0.2, 0.25) is 0 Å². The number of hydrogen-bond acceptors (Lipinski definition) is 3. The third-order valence-electron chi connectivity index (χ3n) is 4.00. The highest BCUT2D eigenvalue weighted by molar-refractivity contribution is 6.01. The fourth-order valence-corrected chi connectivity index (χ4v) is 2.63. The van der Waals surface area contributed by atoms with Crippen LogP contribution in [0.5, 0.6) is 0 Å². The summed E-state index contributed by atoms with van der Waals surface area (Å²) in [4.78, 5) is 24.0. The summed E-state index contributed by atoms with van der Waals surface area (Å²) in [6.07, 6.45) is 3.41. The first-order valence-electron chi connectivity index (χ1n) is 6.90. The van der Waals surface area contributed by atoms with Gasteiger partial charge in [0.15, 0.2) is 0 Å². The van der Waals surface area contributed by atoms with Crippen molar-refractivity contribution in [2.45, 2.75) is 38.1 Å². The Morgan fingerprint density at radius 1 is 1.24 bits per heavy atom. The Morgan fingerprint density at radius 2 is 1.86 bits per heavy atom. The van der Waals surface area contributed by atoms with Crippen molar-refractivity contribution >= 4 is 29.9 Å². The minimum Gasteiger partial charge on any atom is -0.355 e. The van der Waals surface area contributed by atoms with E-state index in [0.717, 1.165) is 18.4 Å². The van der Waals surface area contributed by atoms with Crippen LogP contribution in [0.1, 0.15) is 41.6 Å². The molecule has 1 aliphatic carbocycles. The molecule has 0 bridgehead atoms. The molecule has 21 heavy (non-hydrogen) atoms. The van der Waals surface area contributed by atoms with Gasteiger partial charge in [-0.05, 0) is 37.5 Å². The van der Waals surface area contributed by atoms with Crippen molar-refractivity contribution in [1.82, 2.24) is 5.32 Å². The van der Waals surface area contributed by atoms with Gasteiger partial charge in [-0.25, -0.2) is 0 Å². The lowest BCUT2D eigenvalue weighted by atomic mass is 9.97. The highest BCUT2D eigenvalue weighted by atomic mass is 35.5. The zero-order chi connectivity index (χ0) is 14.8. The first kappa shape index (κ1) is 17.5. The Hall–Kier alpha value is -1.59. The van der Waals surface area contributed by atoms with Crippen molar-refractivity contribution in [3.8, 4) is 0 Å². The number of rotatable bonds is 3. The summed E-state index contributed by atoms with van der Waals surface area (Å²) < 4.78 is 0. The summed E-state index contributed by atoms with van der Waals surface area (Å²) >= 11 is 0. The van der Waals surface area contributed by atoms with Crippen LogP contribution in [0.15, 0.2) is 18.2 Å². The van der Waals surface area contributed by atoms with Crippen molar-refractivity contribution < 1.29 is 9.59 Å². The molecule has 1 fully saturated rings. The summed E-state index contributed by atoms with van der Waals surface area (Å²) in [5, 5.41) is 5.46. The van der Waals surface area contributed by atoms with Crippen molar-refractivity contribution in [1.29, 1.82) is 0 Å². The maximum atomic E-state index is 12.3. The zero-order valence-electron chi connectivity index (χ0n) is 12.4. The van der Waals surface area contributed by atoms with Gasteiger partial charge in [0.05, 0.1) is 5.54 Å². The van der Waals surface area contributed by atoms with Gasteiger partial charge < -0.3 is 16.4 Å². The average molecular weight is 312 g/mol. The van der Waals surface area contributed by atoms with Crippen molar-refractivity contribution in [3.05, 3.63) is 29.3 Å². The molecule has 0 heterocycles. The molecule has 1 aliphatic rings. The van der Waals surface area contributed by atoms with Gasteiger partial charge >= 0.3 is 0 Å². The van der Waals surface area contributed by atoms with Crippen LogP contribution in [0.4, 0.5) is 5.69 Å². The predicted octanol–water partition coefficient (Wildman–Crippen LogP) is 1.99. The van der Waals surface area contributed by atoms with Gasteiger partial charge in [-0.1, -0.05) is 18.9 Å². The number of carbonyl (C=O) groups is 2. The molecule has 5 nitrogen and oxygen atoms in total. The fourth-order valence-electron chi connectivity index (χ4n) is 2.63. The molecule has 0 aliphatic heterocycles. The summed E-state index contributed by atoms with van der Waals surface area (Å²) in [5.74, 6) is -0.325. The van der Waals surface area contributed by atoms with Crippen molar-refractivity contribution in [3.63, 3.8) is 0 Å². The van der Waals surface area contributed by atoms with Gasteiger partial charge in [0, 0.05) is 18.3 Å². The molecule has 116 valence electrons. The van der Waals surface area contributed by atoms with Gasteiger partial charge in [0.2, 0.25) is 5.91 Å². The second-order valence-corrected chi connectivity index (χ2v) is 5.37. The molecule has 0 unspecified atom stereocenters. The second kappa shape index (κ2) is 6.91. The van der Waals surface area contributed by atoms with Gasteiger partial charge in [-0.2, -0.15) is 0 Å². The molecule has 4 N–H and O–H groups in total. The van der Waals surface area contributed by atoms with Crippen LogP contribution in [0, 0.1) is 6.92 Å². The van der Waals surface area contributed by atoms with E-state index in [0.29, 0.717) is 24.1 Å². The number of benzene rings is 1. The third kappa shape index (κ3) is 3.54. The van der Waals surface area contributed by atoms with Gasteiger partial charge in [0.25, 0.3) is 5.91 Å². The van der Waals surface area contributed by atoms with Crippen LogP contribution < -0.4 is 16.4 Å². The van der Waals surface area contributed by atoms with E-state index in [2.05, 4.69) is 10.6 Å². The zero-order valence-corrected chi connectivity index (χ0v) is 13.2.